The van der Waals surface area contributed by atoms with E-state index in [9.17, 15) is 0 Å². The van der Waals surface area contributed by atoms with Gasteiger partial charge in [0, 0.05) is 30.7 Å². The zero-order valence-corrected chi connectivity index (χ0v) is 12.7. The number of morpholine rings is 1. The van der Waals surface area contributed by atoms with Crippen LogP contribution in [-0.4, -0.2) is 43.3 Å². The van der Waals surface area contributed by atoms with E-state index < -0.39 is 0 Å². The molecule has 0 aromatic heterocycles. The lowest BCUT2D eigenvalue weighted by molar-refractivity contribution is -0.0510. The number of ether oxygens (including phenoxy) is 2. The second-order valence-corrected chi connectivity index (χ2v) is 5.52. The Morgan fingerprint density at radius 3 is 2.90 bits per heavy atom. The van der Waals surface area contributed by atoms with Crippen molar-refractivity contribution < 1.29 is 9.47 Å². The minimum Gasteiger partial charge on any atom is -0.494 e. The molecule has 0 amide bonds. The van der Waals surface area contributed by atoms with Gasteiger partial charge in [-0.25, -0.2) is 0 Å². The van der Waals surface area contributed by atoms with Crippen LogP contribution in [0.4, 0.5) is 0 Å². The van der Waals surface area contributed by atoms with E-state index in [-0.39, 0.29) is 12.1 Å². The lowest BCUT2D eigenvalue weighted by Crippen LogP contribution is -2.49. The SMILES string of the molecule is CCOc1ccccc1C(N)CN1CC(C)OCC1C. The molecule has 4 heteroatoms. The molecular formula is C16H26N2O2. The fourth-order valence-corrected chi connectivity index (χ4v) is 2.65. The predicted molar refractivity (Wildman–Crippen MR) is 81.0 cm³/mol. The summed E-state index contributed by atoms with van der Waals surface area (Å²) in [5, 5.41) is 0. The first-order valence-corrected chi connectivity index (χ1v) is 7.44. The summed E-state index contributed by atoms with van der Waals surface area (Å²) in [6.07, 6.45) is 0.278. The Kier molecular flexibility index (Phi) is 5.40. The van der Waals surface area contributed by atoms with E-state index >= 15 is 0 Å². The van der Waals surface area contributed by atoms with Crippen LogP contribution in [0.25, 0.3) is 0 Å². The van der Waals surface area contributed by atoms with Crippen LogP contribution in [0.2, 0.25) is 0 Å². The van der Waals surface area contributed by atoms with E-state index in [0.29, 0.717) is 12.6 Å². The van der Waals surface area contributed by atoms with Gasteiger partial charge in [0.2, 0.25) is 0 Å². The van der Waals surface area contributed by atoms with Crippen molar-refractivity contribution in [2.24, 2.45) is 5.73 Å². The summed E-state index contributed by atoms with van der Waals surface area (Å²) in [6.45, 7) is 9.50. The van der Waals surface area contributed by atoms with Crippen LogP contribution in [0.5, 0.6) is 5.75 Å². The largest absolute Gasteiger partial charge is 0.494 e. The summed E-state index contributed by atoms with van der Waals surface area (Å²) in [5.41, 5.74) is 7.49. The molecule has 1 saturated heterocycles. The third kappa shape index (κ3) is 3.72. The highest BCUT2D eigenvalue weighted by Crippen LogP contribution is 2.25. The van der Waals surface area contributed by atoms with Gasteiger partial charge in [-0.3, -0.25) is 4.90 Å². The normalized spacial score (nSPS) is 25.4. The number of nitrogens with two attached hydrogens (primary N) is 1. The summed E-state index contributed by atoms with van der Waals surface area (Å²) in [5.74, 6) is 0.900. The van der Waals surface area contributed by atoms with Crippen LogP contribution in [-0.2, 0) is 4.74 Å². The van der Waals surface area contributed by atoms with Crippen molar-refractivity contribution >= 4 is 0 Å². The maximum atomic E-state index is 6.40. The highest BCUT2D eigenvalue weighted by Gasteiger charge is 2.25. The van der Waals surface area contributed by atoms with Gasteiger partial charge in [-0.05, 0) is 26.8 Å². The molecule has 1 heterocycles. The van der Waals surface area contributed by atoms with Crippen molar-refractivity contribution in [3.8, 4) is 5.75 Å². The Bertz CT molecular complexity index is 425. The number of rotatable bonds is 5. The Labute approximate surface area is 121 Å². The van der Waals surface area contributed by atoms with Crippen LogP contribution in [0.3, 0.4) is 0 Å². The lowest BCUT2D eigenvalue weighted by atomic mass is 10.0. The van der Waals surface area contributed by atoms with Gasteiger partial charge in [0.25, 0.3) is 0 Å². The number of benzene rings is 1. The van der Waals surface area contributed by atoms with E-state index in [2.05, 4.69) is 24.8 Å². The first-order chi connectivity index (χ1) is 9.61. The third-order valence-corrected chi connectivity index (χ3v) is 3.79. The van der Waals surface area contributed by atoms with Gasteiger partial charge in [-0.2, -0.15) is 0 Å². The fraction of sp³-hybridized carbons (Fsp3) is 0.625. The minimum atomic E-state index is -0.0366. The molecule has 1 fully saturated rings. The number of nitrogens with zero attached hydrogens (tertiary/aromatic N) is 1. The highest BCUT2D eigenvalue weighted by molar-refractivity contribution is 5.36. The van der Waals surface area contributed by atoms with Crippen molar-refractivity contribution in [1.82, 2.24) is 4.90 Å². The minimum absolute atomic E-state index is 0.0366. The van der Waals surface area contributed by atoms with Gasteiger partial charge in [0.05, 0.1) is 19.3 Å². The molecule has 0 aliphatic carbocycles. The molecule has 1 aliphatic heterocycles. The monoisotopic (exact) mass is 278 g/mol. The molecule has 0 bridgehead atoms. The zero-order chi connectivity index (χ0) is 14.5. The molecule has 4 nitrogen and oxygen atoms in total. The Hall–Kier alpha value is -1.10. The van der Waals surface area contributed by atoms with E-state index in [0.717, 1.165) is 31.0 Å². The Morgan fingerprint density at radius 1 is 1.40 bits per heavy atom. The van der Waals surface area contributed by atoms with Gasteiger partial charge in [0.1, 0.15) is 5.75 Å². The molecule has 2 rings (SSSR count). The summed E-state index contributed by atoms with van der Waals surface area (Å²) >= 11 is 0. The molecule has 20 heavy (non-hydrogen) atoms. The van der Waals surface area contributed by atoms with Gasteiger partial charge in [0.15, 0.2) is 0 Å². The average molecular weight is 278 g/mol. The first-order valence-electron chi connectivity index (χ1n) is 7.44. The first kappa shape index (κ1) is 15.3. The van der Waals surface area contributed by atoms with E-state index in [4.69, 9.17) is 15.2 Å². The van der Waals surface area contributed by atoms with Crippen LogP contribution in [0.15, 0.2) is 24.3 Å². The van der Waals surface area contributed by atoms with Gasteiger partial charge >= 0.3 is 0 Å². The lowest BCUT2D eigenvalue weighted by Gasteiger charge is -2.38. The molecule has 3 atom stereocenters. The van der Waals surface area contributed by atoms with Gasteiger partial charge < -0.3 is 15.2 Å². The quantitative estimate of drug-likeness (QED) is 0.897. The second-order valence-electron chi connectivity index (χ2n) is 5.52. The molecule has 1 aromatic carbocycles. The molecule has 0 radical (unpaired) electrons. The molecule has 0 saturated carbocycles. The predicted octanol–water partition coefficient (Wildman–Crippen LogP) is 2.19. The van der Waals surface area contributed by atoms with E-state index in [1.165, 1.54) is 0 Å². The topological polar surface area (TPSA) is 47.7 Å². The van der Waals surface area contributed by atoms with Gasteiger partial charge in [-0.1, -0.05) is 18.2 Å². The molecule has 3 unspecified atom stereocenters. The van der Waals surface area contributed by atoms with Crippen LogP contribution >= 0.6 is 0 Å². The number of para-hydroxylation sites is 1. The summed E-state index contributed by atoms with van der Waals surface area (Å²) < 4.78 is 11.3. The van der Waals surface area contributed by atoms with Crippen molar-refractivity contribution in [3.05, 3.63) is 29.8 Å². The standard InChI is InChI=1S/C16H26N2O2/c1-4-19-16-8-6-5-7-14(16)15(17)10-18-9-13(3)20-11-12(18)2/h5-8,12-13,15H,4,9-11,17H2,1-3H3. The average Bonchev–Trinajstić information content (AvgIpc) is 2.44. The maximum absolute atomic E-state index is 6.40. The van der Waals surface area contributed by atoms with Crippen LogP contribution in [0.1, 0.15) is 32.4 Å². The second kappa shape index (κ2) is 7.07. The molecular weight excluding hydrogens is 252 g/mol. The number of hydrogen-bond donors (Lipinski definition) is 1. The summed E-state index contributed by atoms with van der Waals surface area (Å²) in [7, 11) is 0. The smallest absolute Gasteiger partial charge is 0.124 e. The van der Waals surface area contributed by atoms with Crippen LogP contribution in [0, 0.1) is 0 Å². The Balaban J connectivity index is 2.05. The van der Waals surface area contributed by atoms with Crippen molar-refractivity contribution in [2.75, 3.05) is 26.3 Å². The highest BCUT2D eigenvalue weighted by atomic mass is 16.5. The molecule has 1 aromatic rings. The summed E-state index contributed by atoms with van der Waals surface area (Å²) in [4.78, 5) is 2.40. The maximum Gasteiger partial charge on any atom is 0.124 e. The van der Waals surface area contributed by atoms with Gasteiger partial charge in [-0.15, -0.1) is 0 Å². The van der Waals surface area contributed by atoms with E-state index in [1.807, 2.05) is 25.1 Å². The zero-order valence-electron chi connectivity index (χ0n) is 12.7. The summed E-state index contributed by atoms with van der Waals surface area (Å²) in [6, 6.07) is 8.43. The third-order valence-electron chi connectivity index (χ3n) is 3.79. The van der Waals surface area contributed by atoms with E-state index in [1.54, 1.807) is 0 Å². The molecule has 1 aliphatic rings. The van der Waals surface area contributed by atoms with Crippen LogP contribution < -0.4 is 10.5 Å². The van der Waals surface area contributed by atoms with Crippen molar-refractivity contribution in [2.45, 2.75) is 39.0 Å². The fourth-order valence-electron chi connectivity index (χ4n) is 2.65. The van der Waals surface area contributed by atoms with Crippen molar-refractivity contribution in [1.29, 1.82) is 0 Å². The molecule has 112 valence electrons. The Morgan fingerprint density at radius 2 is 2.15 bits per heavy atom. The number of hydrogen-bond acceptors (Lipinski definition) is 4. The molecule has 0 spiro atoms. The molecule has 2 N–H and O–H groups in total. The van der Waals surface area contributed by atoms with Crippen molar-refractivity contribution in [3.63, 3.8) is 0 Å².